The number of hydrogen-bond acceptors (Lipinski definition) is 2. The largest absolute Gasteiger partial charge is 0.399 e. The molecule has 0 spiro atoms. The molecule has 0 unspecified atom stereocenters. The van der Waals surface area contributed by atoms with Crippen molar-refractivity contribution in [2.24, 2.45) is 0 Å². The van der Waals surface area contributed by atoms with Crippen LogP contribution >= 0.6 is 15.9 Å². The zero-order valence-corrected chi connectivity index (χ0v) is 11.6. The molecule has 0 radical (unpaired) electrons. The van der Waals surface area contributed by atoms with Gasteiger partial charge in [0.15, 0.2) is 5.78 Å². The molecule has 4 heteroatoms. The molecule has 0 aliphatic heterocycles. The summed E-state index contributed by atoms with van der Waals surface area (Å²) < 4.78 is 0.980. The van der Waals surface area contributed by atoms with E-state index in [1.165, 1.54) is 0 Å². The lowest BCUT2D eigenvalue weighted by molar-refractivity contribution is 0.104. The fourth-order valence-corrected chi connectivity index (χ4v) is 2.44. The van der Waals surface area contributed by atoms with Crippen molar-refractivity contribution in [3.8, 4) is 0 Å². The summed E-state index contributed by atoms with van der Waals surface area (Å²) >= 11 is 3.41. The molecule has 3 N–H and O–H groups in total. The Labute approximate surface area is 118 Å². The van der Waals surface area contributed by atoms with Crippen molar-refractivity contribution in [3.63, 3.8) is 0 Å². The van der Waals surface area contributed by atoms with E-state index in [4.69, 9.17) is 5.73 Å². The Bertz CT molecular complexity index is 759. The van der Waals surface area contributed by atoms with E-state index in [0.29, 0.717) is 16.8 Å². The smallest absolute Gasteiger partial charge is 0.195 e. The quantitative estimate of drug-likeness (QED) is 0.559. The minimum absolute atomic E-state index is 0.00595. The maximum absolute atomic E-state index is 12.4. The molecule has 1 aromatic heterocycles. The minimum atomic E-state index is -0.00595. The van der Waals surface area contributed by atoms with Gasteiger partial charge >= 0.3 is 0 Å². The molecule has 19 heavy (non-hydrogen) atoms. The van der Waals surface area contributed by atoms with E-state index < -0.39 is 0 Å². The molecule has 0 aliphatic carbocycles. The molecule has 0 saturated heterocycles. The maximum atomic E-state index is 12.4. The fourth-order valence-electron chi connectivity index (χ4n) is 2.08. The molecule has 0 saturated carbocycles. The molecule has 3 rings (SSSR count). The van der Waals surface area contributed by atoms with Crippen molar-refractivity contribution in [3.05, 3.63) is 64.3 Å². The average molecular weight is 315 g/mol. The third-order valence-corrected chi connectivity index (χ3v) is 3.55. The van der Waals surface area contributed by atoms with Gasteiger partial charge in [-0.15, -0.1) is 0 Å². The van der Waals surface area contributed by atoms with Gasteiger partial charge in [-0.2, -0.15) is 0 Å². The molecule has 0 amide bonds. The summed E-state index contributed by atoms with van der Waals surface area (Å²) in [6.07, 6.45) is 1.75. The van der Waals surface area contributed by atoms with Crippen LogP contribution in [-0.4, -0.2) is 10.8 Å². The second-order valence-corrected chi connectivity index (χ2v) is 5.26. The lowest BCUT2D eigenvalue weighted by Gasteiger charge is -2.00. The Morgan fingerprint density at radius 2 is 1.84 bits per heavy atom. The number of H-pyrrole nitrogens is 1. The van der Waals surface area contributed by atoms with Crippen LogP contribution in [0.2, 0.25) is 0 Å². The second kappa shape index (κ2) is 4.55. The maximum Gasteiger partial charge on any atom is 0.195 e. The SMILES string of the molecule is Nc1ccc(C(=O)c2c[nH]c3cc(Br)ccc23)cc1. The number of carbonyl (C=O) groups excluding carboxylic acids is 1. The molecule has 0 aliphatic rings. The Balaban J connectivity index is 2.09. The third kappa shape index (κ3) is 2.15. The number of aromatic amines is 1. The molecular formula is C15H11BrN2O. The molecular weight excluding hydrogens is 304 g/mol. The van der Waals surface area contributed by atoms with Crippen LogP contribution in [0.4, 0.5) is 5.69 Å². The van der Waals surface area contributed by atoms with Crippen LogP contribution in [0.1, 0.15) is 15.9 Å². The van der Waals surface area contributed by atoms with Gasteiger partial charge in [-0.3, -0.25) is 4.79 Å². The zero-order chi connectivity index (χ0) is 13.4. The van der Waals surface area contributed by atoms with E-state index in [1.807, 2.05) is 18.2 Å². The highest BCUT2D eigenvalue weighted by Crippen LogP contribution is 2.24. The van der Waals surface area contributed by atoms with E-state index >= 15 is 0 Å². The van der Waals surface area contributed by atoms with Crippen molar-refractivity contribution in [1.29, 1.82) is 0 Å². The molecule has 0 atom stereocenters. The van der Waals surface area contributed by atoms with Crippen molar-refractivity contribution in [2.75, 3.05) is 5.73 Å². The van der Waals surface area contributed by atoms with Crippen LogP contribution in [0.3, 0.4) is 0 Å². The van der Waals surface area contributed by atoms with Crippen molar-refractivity contribution in [1.82, 2.24) is 4.98 Å². The van der Waals surface area contributed by atoms with Gasteiger partial charge in [-0.05, 0) is 36.4 Å². The number of aromatic nitrogens is 1. The van der Waals surface area contributed by atoms with Gasteiger partial charge in [0, 0.05) is 38.4 Å². The van der Waals surface area contributed by atoms with Crippen LogP contribution in [0.25, 0.3) is 10.9 Å². The van der Waals surface area contributed by atoms with Crippen LogP contribution < -0.4 is 5.73 Å². The number of anilines is 1. The first-order chi connectivity index (χ1) is 9.15. The number of nitrogens with two attached hydrogens (primary N) is 1. The summed E-state index contributed by atoms with van der Waals surface area (Å²) in [6, 6.07) is 12.8. The number of halogens is 1. The van der Waals surface area contributed by atoms with Crippen LogP contribution in [-0.2, 0) is 0 Å². The van der Waals surface area contributed by atoms with E-state index in [9.17, 15) is 4.79 Å². The number of hydrogen-bond donors (Lipinski definition) is 2. The number of benzene rings is 2. The number of carbonyl (C=O) groups is 1. The van der Waals surface area contributed by atoms with Crippen molar-refractivity contribution >= 4 is 38.3 Å². The molecule has 94 valence electrons. The van der Waals surface area contributed by atoms with E-state index in [0.717, 1.165) is 15.4 Å². The first-order valence-corrected chi connectivity index (χ1v) is 6.61. The summed E-state index contributed by atoms with van der Waals surface area (Å²) in [4.78, 5) is 15.6. The third-order valence-electron chi connectivity index (χ3n) is 3.06. The Morgan fingerprint density at radius 1 is 1.11 bits per heavy atom. The predicted octanol–water partition coefficient (Wildman–Crippen LogP) is 3.74. The lowest BCUT2D eigenvalue weighted by atomic mass is 10.0. The molecule has 3 nitrogen and oxygen atoms in total. The summed E-state index contributed by atoms with van der Waals surface area (Å²) in [5.41, 5.74) is 8.53. The summed E-state index contributed by atoms with van der Waals surface area (Å²) in [7, 11) is 0. The van der Waals surface area contributed by atoms with E-state index in [1.54, 1.807) is 30.5 Å². The first-order valence-electron chi connectivity index (χ1n) is 5.82. The van der Waals surface area contributed by atoms with E-state index in [2.05, 4.69) is 20.9 Å². The summed E-state index contributed by atoms with van der Waals surface area (Å²) in [5.74, 6) is -0.00595. The minimum Gasteiger partial charge on any atom is -0.399 e. The average Bonchev–Trinajstić information content (AvgIpc) is 2.81. The Morgan fingerprint density at radius 3 is 2.58 bits per heavy atom. The second-order valence-electron chi connectivity index (χ2n) is 4.34. The molecule has 2 aromatic carbocycles. The van der Waals surface area contributed by atoms with Crippen LogP contribution in [0, 0.1) is 0 Å². The number of nitrogens with one attached hydrogen (secondary N) is 1. The van der Waals surface area contributed by atoms with Gasteiger partial charge in [0.1, 0.15) is 0 Å². The molecule has 1 heterocycles. The van der Waals surface area contributed by atoms with Gasteiger partial charge in [0.25, 0.3) is 0 Å². The molecule has 0 fully saturated rings. The number of ketones is 1. The highest BCUT2D eigenvalue weighted by atomic mass is 79.9. The number of rotatable bonds is 2. The molecule has 3 aromatic rings. The van der Waals surface area contributed by atoms with Gasteiger partial charge in [0.05, 0.1) is 0 Å². The summed E-state index contributed by atoms with van der Waals surface area (Å²) in [6.45, 7) is 0. The highest BCUT2D eigenvalue weighted by Gasteiger charge is 2.13. The molecule has 0 bridgehead atoms. The number of fused-ring (bicyclic) bond motifs is 1. The van der Waals surface area contributed by atoms with Crippen LogP contribution in [0.5, 0.6) is 0 Å². The van der Waals surface area contributed by atoms with Gasteiger partial charge < -0.3 is 10.7 Å². The highest BCUT2D eigenvalue weighted by molar-refractivity contribution is 9.10. The van der Waals surface area contributed by atoms with E-state index in [-0.39, 0.29) is 5.78 Å². The summed E-state index contributed by atoms with van der Waals surface area (Å²) in [5, 5.41) is 0.921. The first kappa shape index (κ1) is 12.0. The Kier molecular flexibility index (Phi) is 2.87. The monoisotopic (exact) mass is 314 g/mol. The zero-order valence-electron chi connectivity index (χ0n) is 9.98. The predicted molar refractivity (Wildman–Crippen MR) is 80.3 cm³/mol. The van der Waals surface area contributed by atoms with Crippen molar-refractivity contribution < 1.29 is 4.79 Å². The van der Waals surface area contributed by atoms with Crippen molar-refractivity contribution in [2.45, 2.75) is 0 Å². The topological polar surface area (TPSA) is 58.9 Å². The normalized spacial score (nSPS) is 10.8. The standard InChI is InChI=1S/C15H11BrN2O/c16-10-3-6-12-13(8-18-14(12)7-10)15(19)9-1-4-11(17)5-2-9/h1-8,18H,17H2. The van der Waals surface area contributed by atoms with Crippen LogP contribution in [0.15, 0.2) is 53.1 Å². The lowest BCUT2D eigenvalue weighted by Crippen LogP contribution is -2.00. The fraction of sp³-hybridized carbons (Fsp3) is 0. The van der Waals surface area contributed by atoms with Gasteiger partial charge in [-0.1, -0.05) is 22.0 Å². The Hall–Kier alpha value is -2.07. The van der Waals surface area contributed by atoms with Gasteiger partial charge in [0.2, 0.25) is 0 Å². The van der Waals surface area contributed by atoms with Gasteiger partial charge in [-0.25, -0.2) is 0 Å². The number of nitrogen functional groups attached to an aromatic ring is 1.